The van der Waals surface area contributed by atoms with Crippen molar-refractivity contribution in [2.45, 2.75) is 24.8 Å². The zero-order chi connectivity index (χ0) is 41.3. The third-order valence-electron chi connectivity index (χ3n) is 14.4. The van der Waals surface area contributed by atoms with Gasteiger partial charge >= 0.3 is 0 Å². The molecule has 2 aromatic heterocycles. The third-order valence-corrected chi connectivity index (χ3v) is 15.6. The number of allylic oxidation sites excluding steroid dienone is 2. The molecule has 3 nitrogen and oxygen atoms in total. The van der Waals surface area contributed by atoms with Gasteiger partial charge in [0.1, 0.15) is 0 Å². The van der Waals surface area contributed by atoms with E-state index in [1.54, 1.807) is 11.3 Å². The van der Waals surface area contributed by atoms with Gasteiger partial charge < -0.3 is 4.90 Å². The number of aromatic nitrogens is 2. The molecule has 2 aliphatic carbocycles. The highest BCUT2D eigenvalue weighted by Gasteiger charge is 2.52. The summed E-state index contributed by atoms with van der Waals surface area (Å²) in [5.41, 5.74) is 20.5. The lowest BCUT2D eigenvalue weighted by Gasteiger charge is -2.41. The van der Waals surface area contributed by atoms with Crippen molar-refractivity contribution >= 4 is 64.9 Å². The molecule has 0 radical (unpaired) electrons. The van der Waals surface area contributed by atoms with E-state index in [2.05, 4.69) is 206 Å². The highest BCUT2D eigenvalue weighted by Crippen LogP contribution is 2.65. The third kappa shape index (κ3) is 5.01. The molecule has 4 atom stereocenters. The second-order valence-corrected chi connectivity index (χ2v) is 18.6. The van der Waals surface area contributed by atoms with Crippen LogP contribution in [-0.2, 0) is 0 Å². The normalized spacial score (nSPS) is 19.2. The van der Waals surface area contributed by atoms with Crippen LogP contribution in [0.1, 0.15) is 46.6 Å². The quantitative estimate of drug-likeness (QED) is 0.177. The van der Waals surface area contributed by atoms with Crippen LogP contribution in [0.5, 0.6) is 0 Å². The van der Waals surface area contributed by atoms with Crippen LogP contribution in [0.3, 0.4) is 0 Å². The summed E-state index contributed by atoms with van der Waals surface area (Å²) in [6, 6.07) is 69.5. The zero-order valence-corrected chi connectivity index (χ0v) is 35.4. The van der Waals surface area contributed by atoms with Crippen molar-refractivity contribution in [3.63, 3.8) is 0 Å². The lowest BCUT2D eigenvalue weighted by molar-refractivity contribution is 0.585. The maximum Gasteiger partial charge on any atom is 0.160 e. The van der Waals surface area contributed by atoms with Crippen molar-refractivity contribution < 1.29 is 0 Å². The summed E-state index contributed by atoms with van der Waals surface area (Å²) >= 11 is 1.78. The van der Waals surface area contributed by atoms with Crippen molar-refractivity contribution in [2.24, 2.45) is 5.92 Å². The molecular formula is C59H39N3S. The molecule has 4 aliphatic rings. The van der Waals surface area contributed by atoms with E-state index in [1.807, 2.05) is 0 Å². The lowest BCUT2D eigenvalue weighted by atomic mass is 9.62. The molecule has 296 valence electrons. The van der Waals surface area contributed by atoms with Crippen LogP contribution in [0, 0.1) is 5.92 Å². The Morgan fingerprint density at radius 2 is 1.21 bits per heavy atom. The monoisotopic (exact) mass is 821 g/mol. The summed E-state index contributed by atoms with van der Waals surface area (Å²) in [6.07, 6.45) is 2.62. The topological polar surface area (TPSA) is 29.0 Å². The second kappa shape index (κ2) is 13.3. The number of hydrogen-bond donors (Lipinski definition) is 0. The van der Waals surface area contributed by atoms with Crippen molar-refractivity contribution in [1.29, 1.82) is 0 Å². The summed E-state index contributed by atoms with van der Waals surface area (Å²) in [7, 11) is 0. The van der Waals surface area contributed by atoms with Gasteiger partial charge in [-0.3, -0.25) is 0 Å². The van der Waals surface area contributed by atoms with Crippen LogP contribution in [0.25, 0.3) is 76.0 Å². The van der Waals surface area contributed by atoms with Gasteiger partial charge in [0, 0.05) is 44.3 Å². The first-order valence-corrected chi connectivity index (χ1v) is 22.9. The molecule has 14 rings (SSSR count). The van der Waals surface area contributed by atoms with E-state index in [1.165, 1.54) is 87.9 Å². The lowest BCUT2D eigenvalue weighted by Crippen LogP contribution is -2.32. The molecule has 2 aliphatic heterocycles. The number of thiophene rings is 1. The fourth-order valence-corrected chi connectivity index (χ4v) is 12.8. The first-order chi connectivity index (χ1) is 31.2. The molecule has 63 heavy (non-hydrogen) atoms. The second-order valence-electron chi connectivity index (χ2n) is 17.6. The average molecular weight is 822 g/mol. The number of para-hydroxylation sites is 1. The average Bonchev–Trinajstić information content (AvgIpc) is 4.01. The Kier molecular flexibility index (Phi) is 7.44. The first-order valence-electron chi connectivity index (χ1n) is 22.1. The van der Waals surface area contributed by atoms with Crippen LogP contribution in [0.4, 0.5) is 11.4 Å². The van der Waals surface area contributed by atoms with Crippen LogP contribution in [0.2, 0.25) is 0 Å². The van der Waals surface area contributed by atoms with Gasteiger partial charge in [-0.15, -0.1) is 11.3 Å². The maximum absolute atomic E-state index is 5.39. The van der Waals surface area contributed by atoms with E-state index in [0.29, 0.717) is 0 Å². The van der Waals surface area contributed by atoms with Crippen molar-refractivity contribution in [1.82, 2.24) is 9.97 Å². The predicted octanol–water partition coefficient (Wildman–Crippen LogP) is 15.2. The smallest absolute Gasteiger partial charge is 0.160 e. The summed E-state index contributed by atoms with van der Waals surface area (Å²) in [4.78, 5) is 13.4. The minimum atomic E-state index is 0.172. The van der Waals surface area contributed by atoms with Gasteiger partial charge in [0.05, 0.1) is 27.6 Å². The van der Waals surface area contributed by atoms with Crippen molar-refractivity contribution in [2.75, 3.05) is 4.90 Å². The summed E-state index contributed by atoms with van der Waals surface area (Å²) < 4.78 is 2.34. The number of hydrogen-bond acceptors (Lipinski definition) is 4. The van der Waals surface area contributed by atoms with Gasteiger partial charge in [-0.25, -0.2) is 9.97 Å². The first kappa shape index (κ1) is 35.2. The Hall–Kier alpha value is -7.40. The molecule has 4 heterocycles. The minimum absolute atomic E-state index is 0.172. The standard InChI is InChI=1S/C59H39N3S/c1-34-51(38-25-29-40(30-26-38)59-60-55(58-56(61-59)45-20-10-12-22-50(45)63-58)39-27-23-36(24-28-39)35-13-3-2-4-14-35)44-19-8-7-17-42(44)46-33-47-43-18-9-11-21-48(43)62-49-32-31-37-15-5-6-16-41(37)53(49)54(52(34)46)57(47)62/h2-34,47,51,57H,1H3. The highest BCUT2D eigenvalue weighted by atomic mass is 32.1. The van der Waals surface area contributed by atoms with Crippen LogP contribution >= 0.6 is 11.3 Å². The van der Waals surface area contributed by atoms with Gasteiger partial charge in [0.25, 0.3) is 0 Å². The molecular weight excluding hydrogens is 783 g/mol. The number of anilines is 2. The van der Waals surface area contributed by atoms with E-state index < -0.39 is 0 Å². The molecule has 4 heteroatoms. The van der Waals surface area contributed by atoms with Crippen molar-refractivity contribution in [3.8, 4) is 33.8 Å². The van der Waals surface area contributed by atoms with E-state index >= 15 is 0 Å². The van der Waals surface area contributed by atoms with Gasteiger partial charge in [-0.2, -0.15) is 0 Å². The largest absolute Gasteiger partial charge is 0.332 e. The zero-order valence-electron chi connectivity index (χ0n) is 34.5. The fourth-order valence-electron chi connectivity index (χ4n) is 11.7. The van der Waals surface area contributed by atoms with Gasteiger partial charge in [-0.1, -0.05) is 183 Å². The SMILES string of the molecule is CC1C2=C3c4c(ccc5ccccc45)N4c5ccccc5C(C=C2c2ccccc2C1c1ccc(-c2nc(-c5ccc(-c6ccccc6)cc5)c5sc6ccccc6c5n2)cc1)C34. The Bertz CT molecular complexity index is 3600. The minimum Gasteiger partial charge on any atom is -0.332 e. The molecule has 0 spiro atoms. The molecule has 0 fully saturated rings. The van der Waals surface area contributed by atoms with E-state index in [9.17, 15) is 0 Å². The Morgan fingerprint density at radius 1 is 0.524 bits per heavy atom. The Balaban J connectivity index is 0.917. The number of nitrogens with zero attached hydrogens (tertiary/aromatic N) is 3. The summed E-state index contributed by atoms with van der Waals surface area (Å²) in [5.74, 6) is 1.44. The Labute approximate surface area is 370 Å². The van der Waals surface area contributed by atoms with Crippen molar-refractivity contribution in [3.05, 3.63) is 228 Å². The predicted molar refractivity (Wildman–Crippen MR) is 263 cm³/mol. The molecule has 4 unspecified atom stereocenters. The van der Waals surface area contributed by atoms with Gasteiger partial charge in [-0.05, 0) is 85.0 Å². The van der Waals surface area contributed by atoms with Crippen LogP contribution in [-0.4, -0.2) is 16.0 Å². The number of benzene rings is 8. The Morgan fingerprint density at radius 3 is 2.06 bits per heavy atom. The summed E-state index contributed by atoms with van der Waals surface area (Å²) in [5, 5.41) is 3.81. The van der Waals surface area contributed by atoms with Gasteiger partial charge in [0.2, 0.25) is 0 Å². The summed E-state index contributed by atoms with van der Waals surface area (Å²) in [6.45, 7) is 2.48. The van der Waals surface area contributed by atoms with Crippen LogP contribution in [0.15, 0.2) is 200 Å². The van der Waals surface area contributed by atoms with E-state index in [-0.39, 0.29) is 23.8 Å². The number of rotatable bonds is 4. The molecule has 0 saturated carbocycles. The van der Waals surface area contributed by atoms with E-state index in [4.69, 9.17) is 9.97 Å². The molecule has 10 aromatic rings. The maximum atomic E-state index is 5.39. The molecule has 0 saturated heterocycles. The van der Waals surface area contributed by atoms with E-state index in [0.717, 1.165) is 32.9 Å². The molecule has 8 aromatic carbocycles. The van der Waals surface area contributed by atoms with Gasteiger partial charge in [0.15, 0.2) is 5.82 Å². The molecule has 0 amide bonds. The number of fused-ring (bicyclic) bond motifs is 14. The molecule has 0 bridgehead atoms. The van der Waals surface area contributed by atoms with Crippen LogP contribution < -0.4 is 4.90 Å². The fraction of sp³-hybridized carbons (Fsp3) is 0.0847. The highest BCUT2D eigenvalue weighted by molar-refractivity contribution is 7.26. The molecule has 0 N–H and O–H groups in total.